The fraction of sp³-hybridized carbons (Fsp3) is 0.133. The number of nitrogens with one attached hydrogen (secondary N) is 1. The third kappa shape index (κ3) is 2.72. The molecule has 0 amide bonds. The summed E-state index contributed by atoms with van der Waals surface area (Å²) in [6.07, 6.45) is 0. The maximum absolute atomic E-state index is 9.10. The lowest BCUT2D eigenvalue weighted by Gasteiger charge is -2.12. The molecule has 0 aliphatic rings. The minimum atomic E-state index is 0.637. The van der Waals surface area contributed by atoms with E-state index in [0.29, 0.717) is 5.56 Å². The fourth-order valence-electron chi connectivity index (χ4n) is 1.82. The highest BCUT2D eigenvalue weighted by atomic mass is 79.9. The smallest absolute Gasteiger partial charge is 0.101 e. The lowest BCUT2D eigenvalue weighted by molar-refractivity contribution is 1.36. The van der Waals surface area contributed by atoms with Gasteiger partial charge in [-0.3, -0.25) is 0 Å². The first-order valence-electron chi connectivity index (χ1n) is 5.64. The molecule has 90 valence electrons. The van der Waals surface area contributed by atoms with Crippen molar-refractivity contribution in [2.75, 3.05) is 5.32 Å². The van der Waals surface area contributed by atoms with Crippen molar-refractivity contribution < 1.29 is 0 Å². The summed E-state index contributed by atoms with van der Waals surface area (Å²) in [4.78, 5) is 0. The Morgan fingerprint density at radius 1 is 1.06 bits per heavy atom. The second-order valence-corrected chi connectivity index (χ2v) is 5.16. The first-order chi connectivity index (χ1) is 8.60. The average Bonchev–Trinajstić information content (AvgIpc) is 2.33. The molecule has 0 heterocycles. The van der Waals surface area contributed by atoms with Crippen molar-refractivity contribution in [3.63, 3.8) is 0 Å². The molecule has 0 bridgehead atoms. The van der Waals surface area contributed by atoms with E-state index in [0.717, 1.165) is 15.8 Å². The van der Waals surface area contributed by atoms with Gasteiger partial charge in [0.1, 0.15) is 6.07 Å². The van der Waals surface area contributed by atoms with Crippen LogP contribution in [0, 0.1) is 25.2 Å². The molecule has 0 unspecified atom stereocenters. The van der Waals surface area contributed by atoms with Gasteiger partial charge in [-0.15, -0.1) is 0 Å². The number of nitriles is 1. The van der Waals surface area contributed by atoms with Crippen LogP contribution in [0.1, 0.15) is 16.7 Å². The van der Waals surface area contributed by atoms with Gasteiger partial charge in [-0.05, 0) is 43.7 Å². The Balaban J connectivity index is 2.40. The van der Waals surface area contributed by atoms with Crippen LogP contribution < -0.4 is 5.32 Å². The second-order valence-electron chi connectivity index (χ2n) is 4.25. The molecule has 0 saturated carbocycles. The molecule has 0 aliphatic carbocycles. The zero-order valence-electron chi connectivity index (χ0n) is 10.3. The first-order valence-corrected chi connectivity index (χ1v) is 6.43. The molecule has 0 aliphatic heterocycles. The Labute approximate surface area is 115 Å². The third-order valence-electron chi connectivity index (χ3n) is 2.75. The highest BCUT2D eigenvalue weighted by Crippen LogP contribution is 2.26. The Morgan fingerprint density at radius 2 is 1.83 bits per heavy atom. The summed E-state index contributed by atoms with van der Waals surface area (Å²) in [5.74, 6) is 0. The van der Waals surface area contributed by atoms with E-state index < -0.39 is 0 Å². The molecule has 0 spiro atoms. The van der Waals surface area contributed by atoms with Gasteiger partial charge in [0, 0.05) is 10.2 Å². The highest BCUT2D eigenvalue weighted by Gasteiger charge is 2.05. The van der Waals surface area contributed by atoms with Gasteiger partial charge in [0.25, 0.3) is 0 Å². The molecule has 0 atom stereocenters. The Morgan fingerprint density at radius 3 is 2.50 bits per heavy atom. The van der Waals surface area contributed by atoms with E-state index in [1.165, 1.54) is 11.1 Å². The summed E-state index contributed by atoms with van der Waals surface area (Å²) < 4.78 is 0.953. The normalized spacial score (nSPS) is 9.89. The van der Waals surface area contributed by atoms with Crippen molar-refractivity contribution in [2.24, 2.45) is 0 Å². The molecule has 2 aromatic rings. The van der Waals surface area contributed by atoms with Crippen LogP contribution >= 0.6 is 15.9 Å². The maximum atomic E-state index is 9.10. The summed E-state index contributed by atoms with van der Waals surface area (Å²) >= 11 is 3.42. The highest BCUT2D eigenvalue weighted by molar-refractivity contribution is 9.10. The average molecular weight is 301 g/mol. The van der Waals surface area contributed by atoms with Gasteiger partial charge in [0.15, 0.2) is 0 Å². The van der Waals surface area contributed by atoms with E-state index in [4.69, 9.17) is 5.26 Å². The Hall–Kier alpha value is -1.79. The number of aryl methyl sites for hydroxylation is 2. The molecule has 18 heavy (non-hydrogen) atoms. The van der Waals surface area contributed by atoms with Crippen molar-refractivity contribution >= 4 is 27.3 Å². The lowest BCUT2D eigenvalue weighted by Crippen LogP contribution is -1.96. The zero-order valence-corrected chi connectivity index (χ0v) is 11.9. The molecule has 0 aromatic heterocycles. The predicted molar refractivity (Wildman–Crippen MR) is 78.1 cm³/mol. The van der Waals surface area contributed by atoms with Crippen LogP contribution in [0.3, 0.4) is 0 Å². The van der Waals surface area contributed by atoms with Crippen LogP contribution in [-0.2, 0) is 0 Å². The summed E-state index contributed by atoms with van der Waals surface area (Å²) in [7, 11) is 0. The molecule has 2 aromatic carbocycles. The lowest BCUT2D eigenvalue weighted by atomic mass is 10.1. The topological polar surface area (TPSA) is 35.8 Å². The molecule has 0 radical (unpaired) electrons. The monoisotopic (exact) mass is 300 g/mol. The number of hydrogen-bond donors (Lipinski definition) is 1. The van der Waals surface area contributed by atoms with Crippen LogP contribution in [0.5, 0.6) is 0 Å². The van der Waals surface area contributed by atoms with Gasteiger partial charge in [-0.25, -0.2) is 0 Å². The minimum absolute atomic E-state index is 0.637. The first kappa shape index (κ1) is 12.7. The van der Waals surface area contributed by atoms with Crippen molar-refractivity contribution in [1.29, 1.82) is 5.26 Å². The van der Waals surface area contributed by atoms with Gasteiger partial charge in [0.2, 0.25) is 0 Å². The molecule has 2 nitrogen and oxygen atoms in total. The molecule has 0 saturated heterocycles. The SMILES string of the molecule is Cc1ccc(Nc2cc(Br)ccc2C#N)c(C)c1. The predicted octanol–water partition coefficient (Wildman–Crippen LogP) is 4.68. The fourth-order valence-corrected chi connectivity index (χ4v) is 2.18. The van der Waals surface area contributed by atoms with Crippen molar-refractivity contribution in [1.82, 2.24) is 0 Å². The zero-order chi connectivity index (χ0) is 13.1. The molecule has 2 rings (SSSR count). The molecular formula is C15H13BrN2. The molecule has 3 heteroatoms. The van der Waals surface area contributed by atoms with Crippen LogP contribution in [-0.4, -0.2) is 0 Å². The number of benzene rings is 2. The third-order valence-corrected chi connectivity index (χ3v) is 3.25. The van der Waals surface area contributed by atoms with Crippen molar-refractivity contribution in [2.45, 2.75) is 13.8 Å². The van der Waals surface area contributed by atoms with Crippen LogP contribution in [0.25, 0.3) is 0 Å². The van der Waals surface area contributed by atoms with Gasteiger partial charge in [-0.1, -0.05) is 33.6 Å². The maximum Gasteiger partial charge on any atom is 0.101 e. The van der Waals surface area contributed by atoms with E-state index in [2.05, 4.69) is 53.3 Å². The van der Waals surface area contributed by atoms with E-state index in [-0.39, 0.29) is 0 Å². The van der Waals surface area contributed by atoms with E-state index in [1.54, 1.807) is 6.07 Å². The van der Waals surface area contributed by atoms with Crippen molar-refractivity contribution in [3.8, 4) is 6.07 Å². The number of nitrogens with zero attached hydrogens (tertiary/aromatic N) is 1. The van der Waals surface area contributed by atoms with E-state index >= 15 is 0 Å². The summed E-state index contributed by atoms with van der Waals surface area (Å²) in [5, 5.41) is 12.4. The number of hydrogen-bond acceptors (Lipinski definition) is 2. The largest absolute Gasteiger partial charge is 0.354 e. The minimum Gasteiger partial charge on any atom is -0.354 e. The van der Waals surface area contributed by atoms with E-state index in [9.17, 15) is 0 Å². The van der Waals surface area contributed by atoms with Gasteiger partial charge in [0.05, 0.1) is 11.3 Å². The Bertz CT molecular complexity index is 627. The van der Waals surface area contributed by atoms with Crippen molar-refractivity contribution in [3.05, 3.63) is 57.6 Å². The summed E-state index contributed by atoms with van der Waals surface area (Å²) in [5.41, 5.74) is 4.87. The van der Waals surface area contributed by atoms with Crippen LogP contribution in [0.4, 0.5) is 11.4 Å². The quantitative estimate of drug-likeness (QED) is 0.874. The number of halogens is 1. The van der Waals surface area contributed by atoms with Gasteiger partial charge < -0.3 is 5.32 Å². The summed E-state index contributed by atoms with van der Waals surface area (Å²) in [6, 6.07) is 14.0. The van der Waals surface area contributed by atoms with Crippen LogP contribution in [0.2, 0.25) is 0 Å². The van der Waals surface area contributed by atoms with Gasteiger partial charge >= 0.3 is 0 Å². The second kappa shape index (κ2) is 5.24. The summed E-state index contributed by atoms with van der Waals surface area (Å²) in [6.45, 7) is 4.12. The standard InChI is InChI=1S/C15H13BrN2/c1-10-3-6-14(11(2)7-10)18-15-8-13(16)5-4-12(15)9-17/h3-8,18H,1-2H3. The molecule has 0 fully saturated rings. The van der Waals surface area contributed by atoms with Crippen LogP contribution in [0.15, 0.2) is 40.9 Å². The van der Waals surface area contributed by atoms with Gasteiger partial charge in [-0.2, -0.15) is 5.26 Å². The Kier molecular flexibility index (Phi) is 3.69. The molecule has 1 N–H and O–H groups in total. The number of rotatable bonds is 2. The number of anilines is 2. The molecular weight excluding hydrogens is 288 g/mol. The van der Waals surface area contributed by atoms with E-state index in [1.807, 2.05) is 18.2 Å².